The average Bonchev–Trinajstić information content (AvgIpc) is 3.27. The van der Waals surface area contributed by atoms with Gasteiger partial charge in [-0.05, 0) is 83.5 Å². The summed E-state index contributed by atoms with van der Waals surface area (Å²) in [5, 5.41) is 40.2. The molecule has 62 heavy (non-hydrogen) atoms. The largest absolute Gasteiger partial charge is 0.457 e. The molecule has 0 saturated carbocycles. The molecule has 6 atom stereocenters. The molecule has 9 nitrogen and oxygen atoms in total. The van der Waals surface area contributed by atoms with Gasteiger partial charge in [-0.1, -0.05) is 175 Å². The summed E-state index contributed by atoms with van der Waals surface area (Å²) >= 11 is 0. The number of carbonyl (C=O) groups is 1. The van der Waals surface area contributed by atoms with Crippen LogP contribution < -0.4 is 0 Å². The number of aliphatic hydroxyl groups is 4. The van der Waals surface area contributed by atoms with Crippen molar-refractivity contribution < 1.29 is 44.2 Å². The van der Waals surface area contributed by atoms with Crippen LogP contribution in [0.1, 0.15) is 168 Å². The molecule has 0 aromatic heterocycles. The molecule has 0 aromatic carbocycles. The number of hydrogen-bond acceptors (Lipinski definition) is 9. The van der Waals surface area contributed by atoms with Crippen molar-refractivity contribution in [2.45, 2.75) is 205 Å². The first-order valence-electron chi connectivity index (χ1n) is 24.3. The first-order chi connectivity index (χ1) is 30.4. The minimum atomic E-state index is -1.55. The van der Waals surface area contributed by atoms with Crippen LogP contribution in [0.25, 0.3) is 0 Å². The van der Waals surface area contributed by atoms with Gasteiger partial charge >= 0.3 is 5.97 Å². The summed E-state index contributed by atoms with van der Waals surface area (Å²) in [6, 6.07) is 0. The summed E-state index contributed by atoms with van der Waals surface area (Å²) in [6.45, 7) is 4.17. The first kappa shape index (κ1) is 57.1. The second-order valence-electron chi connectivity index (χ2n) is 16.1. The fourth-order valence-electron chi connectivity index (χ4n) is 6.78. The van der Waals surface area contributed by atoms with Crippen LogP contribution in [0.2, 0.25) is 0 Å². The van der Waals surface area contributed by atoms with Crippen molar-refractivity contribution in [3.05, 3.63) is 97.2 Å². The molecule has 0 aliphatic carbocycles. The van der Waals surface area contributed by atoms with Crippen molar-refractivity contribution in [3.8, 4) is 0 Å². The van der Waals surface area contributed by atoms with Crippen LogP contribution in [-0.2, 0) is 23.7 Å². The zero-order valence-electron chi connectivity index (χ0n) is 38.8. The van der Waals surface area contributed by atoms with E-state index in [4.69, 9.17) is 18.9 Å². The lowest BCUT2D eigenvalue weighted by Crippen LogP contribution is -2.59. The Morgan fingerprint density at radius 3 is 1.40 bits per heavy atom. The Morgan fingerprint density at radius 1 is 0.516 bits per heavy atom. The predicted octanol–water partition coefficient (Wildman–Crippen LogP) is 11.6. The quantitative estimate of drug-likeness (QED) is 0.0270. The lowest BCUT2D eigenvalue weighted by Gasteiger charge is -2.39. The number of aliphatic hydroxyl groups excluding tert-OH is 4. The fourth-order valence-corrected chi connectivity index (χ4v) is 6.78. The number of ether oxygens (including phenoxy) is 4. The summed E-state index contributed by atoms with van der Waals surface area (Å²) < 4.78 is 22.8. The van der Waals surface area contributed by atoms with E-state index in [-0.39, 0.29) is 19.2 Å². The fraction of sp³-hybridized carbons (Fsp3) is 0.679. The molecule has 1 fully saturated rings. The number of hydrogen-bond donors (Lipinski definition) is 4. The summed E-state index contributed by atoms with van der Waals surface area (Å²) in [4.78, 5) is 12.8. The van der Waals surface area contributed by atoms with E-state index < -0.39 is 43.4 Å². The maximum absolute atomic E-state index is 12.8. The highest BCUT2D eigenvalue weighted by molar-refractivity contribution is 5.69. The monoisotopic (exact) mass is 869 g/mol. The van der Waals surface area contributed by atoms with Gasteiger partial charge in [0.25, 0.3) is 0 Å². The highest BCUT2D eigenvalue weighted by Gasteiger charge is 2.44. The van der Waals surface area contributed by atoms with Crippen molar-refractivity contribution >= 4 is 5.97 Å². The molecule has 1 aliphatic rings. The van der Waals surface area contributed by atoms with Crippen molar-refractivity contribution in [2.24, 2.45) is 0 Å². The summed E-state index contributed by atoms with van der Waals surface area (Å²) in [6.07, 6.45) is 53.1. The third-order valence-corrected chi connectivity index (χ3v) is 10.5. The highest BCUT2D eigenvalue weighted by atomic mass is 16.7. The summed E-state index contributed by atoms with van der Waals surface area (Å²) in [7, 11) is 0. The molecule has 0 bridgehead atoms. The van der Waals surface area contributed by atoms with E-state index in [2.05, 4.69) is 111 Å². The minimum absolute atomic E-state index is 0.101. The summed E-state index contributed by atoms with van der Waals surface area (Å²) in [5.74, 6) is -0.339. The van der Waals surface area contributed by atoms with Crippen molar-refractivity contribution in [2.75, 3.05) is 26.4 Å². The molecule has 0 aromatic rings. The maximum atomic E-state index is 12.8. The highest BCUT2D eigenvalue weighted by Crippen LogP contribution is 2.22. The van der Waals surface area contributed by atoms with Gasteiger partial charge in [-0.2, -0.15) is 0 Å². The minimum Gasteiger partial charge on any atom is -0.457 e. The topological polar surface area (TPSA) is 135 Å². The third kappa shape index (κ3) is 33.6. The van der Waals surface area contributed by atoms with Crippen LogP contribution in [0.5, 0.6) is 0 Å². The second-order valence-corrected chi connectivity index (χ2v) is 16.1. The van der Waals surface area contributed by atoms with Crippen LogP contribution in [0.3, 0.4) is 0 Å². The standard InChI is InChI=1S/C53H88O9/c1-3-5-7-9-11-13-15-17-19-20-21-22-23-24-25-26-27-28-29-30-32-34-36-38-40-42-49(55)61-47(46-60-53-52(58)51(57)50(56)48(44-54)62-53)45-59-43-41-39-37-35-33-31-18-16-14-12-10-8-6-4-2/h5-8,11-14,17-19,21-22,31,35,37,47-48,50-54,56-58H,3-4,9-10,15-16,20,23-30,32-34,36,38-46H2,1-2H3/b7-5-,8-6-,13-11-,14-12-,19-17-,22-21-,31-18-,37-35-. The average molecular weight is 869 g/mol. The Kier molecular flexibility index (Phi) is 40.0. The Bertz CT molecular complexity index is 1260. The number of rotatable bonds is 40. The zero-order chi connectivity index (χ0) is 45.0. The number of carbonyl (C=O) groups excluding carboxylic acids is 1. The van der Waals surface area contributed by atoms with Crippen molar-refractivity contribution in [1.29, 1.82) is 0 Å². The Labute approximate surface area is 377 Å². The third-order valence-electron chi connectivity index (χ3n) is 10.5. The van der Waals surface area contributed by atoms with Crippen molar-refractivity contribution in [1.82, 2.24) is 0 Å². The van der Waals surface area contributed by atoms with Crippen LogP contribution in [-0.4, -0.2) is 89.6 Å². The first-order valence-corrected chi connectivity index (χ1v) is 24.3. The van der Waals surface area contributed by atoms with E-state index in [1.165, 1.54) is 64.2 Å². The van der Waals surface area contributed by atoms with E-state index in [0.717, 1.165) is 83.5 Å². The molecule has 1 saturated heterocycles. The van der Waals surface area contributed by atoms with Gasteiger partial charge in [0.05, 0.1) is 19.8 Å². The van der Waals surface area contributed by atoms with Crippen LogP contribution in [0, 0.1) is 0 Å². The van der Waals surface area contributed by atoms with E-state index in [1.54, 1.807) is 0 Å². The van der Waals surface area contributed by atoms with Gasteiger partial charge in [-0.15, -0.1) is 0 Å². The van der Waals surface area contributed by atoms with E-state index in [0.29, 0.717) is 13.0 Å². The molecule has 1 rings (SSSR count). The van der Waals surface area contributed by atoms with Gasteiger partial charge in [0.2, 0.25) is 0 Å². The smallest absolute Gasteiger partial charge is 0.306 e. The molecule has 0 amide bonds. The zero-order valence-corrected chi connectivity index (χ0v) is 38.8. The number of allylic oxidation sites excluding steroid dienone is 16. The van der Waals surface area contributed by atoms with E-state index >= 15 is 0 Å². The predicted molar refractivity (Wildman–Crippen MR) is 256 cm³/mol. The molecule has 0 radical (unpaired) electrons. The van der Waals surface area contributed by atoms with Gasteiger partial charge in [0, 0.05) is 13.0 Å². The van der Waals surface area contributed by atoms with Crippen LogP contribution >= 0.6 is 0 Å². The normalized spacial score (nSPS) is 20.6. The van der Waals surface area contributed by atoms with Gasteiger partial charge in [0.1, 0.15) is 30.5 Å². The molecular weight excluding hydrogens is 781 g/mol. The van der Waals surface area contributed by atoms with Gasteiger partial charge in [-0.25, -0.2) is 0 Å². The lowest BCUT2D eigenvalue weighted by molar-refractivity contribution is -0.305. The number of unbranched alkanes of at least 4 members (excludes halogenated alkanes) is 13. The Hall–Kier alpha value is -2.89. The molecule has 9 heteroatoms. The maximum Gasteiger partial charge on any atom is 0.306 e. The molecule has 354 valence electrons. The second kappa shape index (κ2) is 43.4. The lowest BCUT2D eigenvalue weighted by atomic mass is 9.99. The van der Waals surface area contributed by atoms with Crippen LogP contribution in [0.15, 0.2) is 97.2 Å². The van der Waals surface area contributed by atoms with E-state index in [1.807, 2.05) is 0 Å². The SMILES string of the molecule is CC/C=C\C/C=C\C/C=C\C/C=C\CCCCCCCCCCCCCCC(=O)OC(COCCC/C=C\C/C=C\C/C=C\C/C=C\CC)COC1OC(CO)C(O)C(O)C1O. The molecule has 0 spiro atoms. The molecule has 6 unspecified atom stereocenters. The molecule has 1 aliphatic heterocycles. The molecular formula is C53H88O9. The van der Waals surface area contributed by atoms with Crippen LogP contribution in [0.4, 0.5) is 0 Å². The Morgan fingerprint density at radius 2 is 0.935 bits per heavy atom. The van der Waals surface area contributed by atoms with Gasteiger partial charge < -0.3 is 39.4 Å². The van der Waals surface area contributed by atoms with Gasteiger partial charge in [-0.3, -0.25) is 4.79 Å². The van der Waals surface area contributed by atoms with Gasteiger partial charge in [0.15, 0.2) is 6.29 Å². The summed E-state index contributed by atoms with van der Waals surface area (Å²) in [5.41, 5.74) is 0. The van der Waals surface area contributed by atoms with E-state index in [9.17, 15) is 25.2 Å². The van der Waals surface area contributed by atoms with Crippen molar-refractivity contribution in [3.63, 3.8) is 0 Å². The number of esters is 1. The molecule has 4 N–H and O–H groups in total. The molecule has 1 heterocycles. The Balaban J connectivity index is 2.22.